The molecule has 0 heterocycles. The molecule has 0 radical (unpaired) electrons. The lowest BCUT2D eigenvalue weighted by molar-refractivity contribution is 0.0695. The lowest BCUT2D eigenvalue weighted by Crippen LogP contribution is -2.07. The first-order chi connectivity index (χ1) is 6.88. The Labute approximate surface area is 95.3 Å². The van der Waals surface area contributed by atoms with E-state index in [4.69, 9.17) is 9.66 Å². The van der Waals surface area contributed by atoms with Crippen molar-refractivity contribution in [2.75, 3.05) is 0 Å². The molecule has 2 N–H and O–H groups in total. The van der Waals surface area contributed by atoms with Gasteiger partial charge in [0.25, 0.3) is 10.1 Å². The zero-order valence-electron chi connectivity index (χ0n) is 7.05. The van der Waals surface area contributed by atoms with Gasteiger partial charge in [-0.3, -0.25) is 7.62 Å². The fourth-order valence-corrected chi connectivity index (χ4v) is 3.63. The molecule has 0 aliphatic rings. The van der Waals surface area contributed by atoms with Crippen LogP contribution in [0, 0.1) is 3.57 Å². The van der Waals surface area contributed by atoms with E-state index in [1.165, 1.54) is 0 Å². The summed E-state index contributed by atoms with van der Waals surface area (Å²) in [6.45, 7) is 0. The van der Waals surface area contributed by atoms with Crippen LogP contribution in [-0.4, -0.2) is 24.0 Å². The minimum Gasteiger partial charge on any atom is -0.478 e. The van der Waals surface area contributed by atoms with Crippen LogP contribution in [0.4, 0.5) is 0 Å². The highest BCUT2D eigenvalue weighted by Gasteiger charge is 2.21. The molecule has 0 atom stereocenters. The lowest BCUT2D eigenvalue weighted by atomic mass is 10.2. The van der Waals surface area contributed by atoms with Gasteiger partial charge in [0.1, 0.15) is 4.90 Å². The fourth-order valence-electron chi connectivity index (χ4n) is 0.955. The number of rotatable bonds is 3. The Morgan fingerprint density at radius 1 is 1.33 bits per heavy atom. The average Bonchev–Trinajstić information content (AvgIpc) is 2.15. The van der Waals surface area contributed by atoms with Gasteiger partial charge in [0.15, 0.2) is 21.2 Å². The molecule has 8 heteroatoms. The predicted octanol–water partition coefficient (Wildman–Crippen LogP) is 1.12. The van der Waals surface area contributed by atoms with Crippen molar-refractivity contribution in [3.05, 3.63) is 27.3 Å². The van der Waals surface area contributed by atoms with Crippen LogP contribution >= 0.6 is 21.2 Å². The third-order valence-electron chi connectivity index (χ3n) is 1.55. The van der Waals surface area contributed by atoms with Crippen molar-refractivity contribution in [1.29, 1.82) is 0 Å². The summed E-state index contributed by atoms with van der Waals surface area (Å²) in [5, 5.41) is 8.69. The van der Waals surface area contributed by atoms with E-state index in [1.807, 2.05) is 0 Å². The van der Waals surface area contributed by atoms with E-state index >= 15 is 0 Å². The van der Waals surface area contributed by atoms with Gasteiger partial charge in [-0.2, -0.15) is 8.42 Å². The Balaban J connectivity index is 3.63. The van der Waals surface area contributed by atoms with Crippen molar-refractivity contribution < 1.29 is 25.9 Å². The highest BCUT2D eigenvalue weighted by atomic mass is 127. The van der Waals surface area contributed by atoms with Crippen molar-refractivity contribution in [2.24, 2.45) is 0 Å². The highest BCUT2D eigenvalue weighted by Crippen LogP contribution is 2.24. The van der Waals surface area contributed by atoms with Crippen molar-refractivity contribution in [1.82, 2.24) is 0 Å². The maximum atomic E-state index is 10.8. The fraction of sp³-hybridized carbons (Fsp3) is 0. The molecule has 0 aliphatic heterocycles. The second kappa shape index (κ2) is 4.33. The Hall–Kier alpha value is -0.870. The molecule has 0 bridgehead atoms. The van der Waals surface area contributed by atoms with Crippen molar-refractivity contribution in [3.8, 4) is 0 Å². The first kappa shape index (κ1) is 12.2. The first-order valence-corrected chi connectivity index (χ1v) is 6.88. The average molecular weight is 344 g/mol. The summed E-state index contributed by atoms with van der Waals surface area (Å²) in [6, 6.07) is 3.30. The highest BCUT2D eigenvalue weighted by molar-refractivity contribution is 14.1. The predicted molar refractivity (Wildman–Crippen MR) is 56.6 cm³/mol. The number of carboxylic acids is 1. The SMILES string of the molecule is O=Ic1c(C(=O)O)cccc1S(=O)(=O)O. The van der Waals surface area contributed by atoms with Crippen LogP contribution < -0.4 is 0 Å². The van der Waals surface area contributed by atoms with Gasteiger partial charge in [-0.05, 0) is 12.1 Å². The standard InChI is InChI=1S/C7H5IO6S/c9-7(10)4-2-1-3-5(6(4)8-11)15(12,13)14/h1-3H,(H,9,10)(H,12,13,14). The van der Waals surface area contributed by atoms with E-state index in [9.17, 15) is 16.3 Å². The summed E-state index contributed by atoms with van der Waals surface area (Å²) in [7, 11) is -4.54. The molecular formula is C7H5IO6S. The molecule has 0 fully saturated rings. The van der Waals surface area contributed by atoms with Gasteiger partial charge in [0.05, 0.1) is 9.13 Å². The number of aromatic carboxylic acids is 1. The number of halogens is 1. The van der Waals surface area contributed by atoms with Crippen LogP contribution in [0.25, 0.3) is 0 Å². The minimum absolute atomic E-state index is 0.327. The molecule has 1 rings (SSSR count). The largest absolute Gasteiger partial charge is 0.478 e. The van der Waals surface area contributed by atoms with Crippen molar-refractivity contribution in [3.63, 3.8) is 0 Å². The molecule has 1 aromatic carbocycles. The van der Waals surface area contributed by atoms with E-state index in [-0.39, 0.29) is 9.13 Å². The van der Waals surface area contributed by atoms with Crippen molar-refractivity contribution >= 4 is 37.3 Å². The summed E-state index contributed by atoms with van der Waals surface area (Å²) < 4.78 is 40.9. The minimum atomic E-state index is -4.54. The van der Waals surface area contributed by atoms with Gasteiger partial charge in [-0.1, -0.05) is 6.07 Å². The van der Waals surface area contributed by atoms with E-state index in [2.05, 4.69) is 0 Å². The lowest BCUT2D eigenvalue weighted by Gasteiger charge is -2.02. The second-order valence-corrected chi connectivity index (χ2v) is 5.38. The zero-order valence-corrected chi connectivity index (χ0v) is 10.0. The van der Waals surface area contributed by atoms with Crippen LogP contribution in [0.5, 0.6) is 0 Å². The Morgan fingerprint density at radius 2 is 1.93 bits per heavy atom. The van der Waals surface area contributed by atoms with Crippen LogP contribution in [0.3, 0.4) is 0 Å². The van der Waals surface area contributed by atoms with Crippen LogP contribution in [0.1, 0.15) is 10.4 Å². The Morgan fingerprint density at radius 3 is 2.33 bits per heavy atom. The van der Waals surface area contributed by atoms with Crippen LogP contribution in [-0.2, 0) is 13.2 Å². The smallest absolute Gasteiger partial charge is 0.336 e. The third-order valence-corrected chi connectivity index (χ3v) is 4.41. The van der Waals surface area contributed by atoms with E-state index in [0.29, 0.717) is 0 Å². The maximum absolute atomic E-state index is 10.8. The molecule has 6 nitrogen and oxygen atoms in total. The number of hydrogen-bond donors (Lipinski definition) is 2. The molecule has 0 amide bonds. The number of benzene rings is 1. The van der Waals surface area contributed by atoms with E-state index in [0.717, 1.165) is 18.2 Å². The third kappa shape index (κ3) is 2.58. The normalized spacial score (nSPS) is 11.3. The molecule has 1 aromatic rings. The summed E-state index contributed by atoms with van der Waals surface area (Å²) in [4.78, 5) is 10.1. The van der Waals surface area contributed by atoms with Gasteiger partial charge >= 0.3 is 5.97 Å². The molecule has 15 heavy (non-hydrogen) atoms. The van der Waals surface area contributed by atoms with Crippen molar-refractivity contribution in [2.45, 2.75) is 4.90 Å². The number of carbonyl (C=O) groups is 1. The summed E-state index contributed by atoms with van der Waals surface area (Å²) in [5.74, 6) is -1.38. The monoisotopic (exact) mass is 344 g/mol. The van der Waals surface area contributed by atoms with Gasteiger partial charge in [-0.15, -0.1) is 0 Å². The zero-order chi connectivity index (χ0) is 11.6. The summed E-state index contributed by atoms with van der Waals surface area (Å²) >= 11 is -2.00. The van der Waals surface area contributed by atoms with Gasteiger partial charge in [0, 0.05) is 0 Å². The number of hydrogen-bond acceptors (Lipinski definition) is 4. The molecular weight excluding hydrogens is 339 g/mol. The Bertz CT molecular complexity index is 520. The maximum Gasteiger partial charge on any atom is 0.336 e. The quantitative estimate of drug-likeness (QED) is 0.628. The molecule has 0 aromatic heterocycles. The van der Waals surface area contributed by atoms with Gasteiger partial charge in [0.2, 0.25) is 0 Å². The summed E-state index contributed by atoms with van der Waals surface area (Å²) in [5.41, 5.74) is -0.368. The van der Waals surface area contributed by atoms with Crippen LogP contribution in [0.15, 0.2) is 23.1 Å². The first-order valence-electron chi connectivity index (χ1n) is 3.49. The topological polar surface area (TPSA) is 109 Å². The molecule has 0 saturated carbocycles. The summed E-state index contributed by atoms with van der Waals surface area (Å²) in [6.07, 6.45) is 0. The van der Waals surface area contributed by atoms with Gasteiger partial charge in [-0.25, -0.2) is 4.79 Å². The van der Waals surface area contributed by atoms with E-state index in [1.54, 1.807) is 0 Å². The second-order valence-electron chi connectivity index (χ2n) is 2.48. The molecule has 82 valence electrons. The van der Waals surface area contributed by atoms with E-state index < -0.39 is 42.2 Å². The molecule has 0 unspecified atom stereocenters. The van der Waals surface area contributed by atoms with Crippen LogP contribution in [0.2, 0.25) is 0 Å². The molecule has 0 saturated heterocycles. The molecule has 0 spiro atoms. The Kier molecular flexibility index (Phi) is 3.52. The number of carboxylic acid groups (broad SMARTS) is 1. The molecule has 0 aliphatic carbocycles. The van der Waals surface area contributed by atoms with Gasteiger partial charge < -0.3 is 5.11 Å².